The minimum Gasteiger partial charge on any atom is -0.353 e. The lowest BCUT2D eigenvalue weighted by molar-refractivity contribution is -0.685. The van der Waals surface area contributed by atoms with Crippen LogP contribution in [0.5, 0.6) is 0 Å². The first-order valence-corrected chi connectivity index (χ1v) is 12.6. The molecule has 170 valence electrons. The van der Waals surface area contributed by atoms with Crippen LogP contribution in [0, 0.1) is 0 Å². The van der Waals surface area contributed by atoms with Gasteiger partial charge < -0.3 is 5.11 Å². The minimum absolute atomic E-state index is 0.482. The van der Waals surface area contributed by atoms with Crippen LogP contribution < -0.4 is 9.47 Å². The molecule has 1 unspecified atom stereocenters. The third-order valence-electron chi connectivity index (χ3n) is 6.42. The van der Waals surface area contributed by atoms with Crippen LogP contribution in [0.2, 0.25) is 5.02 Å². The molecule has 0 spiro atoms. The number of anilines is 1. The Kier molecular flexibility index (Phi) is 9.60. The van der Waals surface area contributed by atoms with Crippen molar-refractivity contribution in [1.82, 2.24) is 4.98 Å². The monoisotopic (exact) mass is 444 g/mol. The summed E-state index contributed by atoms with van der Waals surface area (Å²) in [5.74, 6) is 0.836. The molecule has 0 fully saturated rings. The highest BCUT2D eigenvalue weighted by Gasteiger charge is 2.51. The van der Waals surface area contributed by atoms with Gasteiger partial charge in [0, 0.05) is 16.7 Å². The smallest absolute Gasteiger partial charge is 0.353 e. The number of halogens is 1. The van der Waals surface area contributed by atoms with Crippen molar-refractivity contribution in [1.29, 1.82) is 0 Å². The van der Waals surface area contributed by atoms with Crippen LogP contribution >= 0.6 is 11.6 Å². The van der Waals surface area contributed by atoms with E-state index in [1.807, 2.05) is 41.1 Å². The molecule has 31 heavy (non-hydrogen) atoms. The standard InChI is InChI=1S/C26H39ClN3O/c1-2-3-4-5-6-7-8-9-10-11-12-13-21-30-25-28-19-14-20-29(25)22-26(30,31)23-15-17-24(27)18-16-23/h14-20,31H,2-13,21-22H2,1H3/q+1. The van der Waals surface area contributed by atoms with Crippen molar-refractivity contribution >= 4 is 17.5 Å². The molecule has 0 saturated carbocycles. The van der Waals surface area contributed by atoms with Crippen molar-refractivity contribution < 1.29 is 9.67 Å². The van der Waals surface area contributed by atoms with Gasteiger partial charge in [-0.3, -0.25) is 0 Å². The van der Waals surface area contributed by atoms with E-state index < -0.39 is 5.72 Å². The molecule has 3 rings (SSSR count). The number of hydrogen-bond donors (Lipinski definition) is 1. The highest BCUT2D eigenvalue weighted by atomic mass is 35.5. The van der Waals surface area contributed by atoms with Gasteiger partial charge in [-0.25, -0.2) is 9.47 Å². The topological polar surface area (TPSA) is 40.2 Å². The van der Waals surface area contributed by atoms with Crippen LogP contribution in [0.1, 0.15) is 89.5 Å². The van der Waals surface area contributed by atoms with E-state index in [0.717, 1.165) is 24.5 Å². The number of nitrogens with zero attached hydrogens (tertiary/aromatic N) is 3. The molecule has 1 aliphatic rings. The van der Waals surface area contributed by atoms with Crippen molar-refractivity contribution in [2.75, 3.05) is 11.4 Å². The summed E-state index contributed by atoms with van der Waals surface area (Å²) in [6, 6.07) is 9.45. The van der Waals surface area contributed by atoms with Gasteiger partial charge in [0.1, 0.15) is 12.7 Å². The Labute approximate surface area is 193 Å². The number of rotatable bonds is 14. The molecule has 1 aliphatic heterocycles. The van der Waals surface area contributed by atoms with Crippen LogP contribution in [0.25, 0.3) is 0 Å². The molecule has 0 bridgehead atoms. The summed E-state index contributed by atoms with van der Waals surface area (Å²) in [7, 11) is 0. The number of aromatic nitrogens is 2. The quantitative estimate of drug-likeness (QED) is 0.271. The zero-order valence-corrected chi connectivity index (χ0v) is 19.9. The van der Waals surface area contributed by atoms with Gasteiger partial charge in [0.2, 0.25) is 5.72 Å². The van der Waals surface area contributed by atoms with Gasteiger partial charge in [-0.05, 0) is 18.6 Å². The predicted octanol–water partition coefficient (Wildman–Crippen LogP) is 6.39. The molecule has 1 aromatic carbocycles. The third kappa shape index (κ3) is 6.66. The summed E-state index contributed by atoms with van der Waals surface area (Å²) in [5.41, 5.74) is -0.217. The molecule has 0 aliphatic carbocycles. The molecule has 5 heteroatoms. The highest BCUT2D eigenvalue weighted by molar-refractivity contribution is 6.30. The molecule has 0 radical (unpaired) electrons. The van der Waals surface area contributed by atoms with Gasteiger partial charge in [0.05, 0.1) is 12.7 Å². The molecule has 0 amide bonds. The van der Waals surface area contributed by atoms with E-state index in [1.54, 1.807) is 6.20 Å². The fourth-order valence-electron chi connectivity index (χ4n) is 4.59. The van der Waals surface area contributed by atoms with Gasteiger partial charge >= 0.3 is 5.95 Å². The second kappa shape index (κ2) is 12.4. The Morgan fingerprint density at radius 2 is 1.52 bits per heavy atom. The first-order valence-electron chi connectivity index (χ1n) is 12.3. The third-order valence-corrected chi connectivity index (χ3v) is 6.67. The maximum atomic E-state index is 11.6. The Morgan fingerprint density at radius 1 is 0.935 bits per heavy atom. The molecule has 2 heterocycles. The number of fused-ring (bicyclic) bond motifs is 1. The van der Waals surface area contributed by atoms with E-state index in [9.17, 15) is 5.11 Å². The molecule has 1 atom stereocenters. The summed E-state index contributed by atoms with van der Waals surface area (Å²) >= 11 is 6.07. The van der Waals surface area contributed by atoms with Gasteiger partial charge in [-0.15, -0.1) is 0 Å². The number of hydrogen-bond acceptors (Lipinski definition) is 3. The second-order valence-electron chi connectivity index (χ2n) is 8.91. The molecule has 1 aromatic heterocycles. The van der Waals surface area contributed by atoms with E-state index in [4.69, 9.17) is 11.6 Å². The Balaban J connectivity index is 1.43. The maximum absolute atomic E-state index is 11.6. The lowest BCUT2D eigenvalue weighted by atomic mass is 10.0. The summed E-state index contributed by atoms with van der Waals surface area (Å²) < 4.78 is 2.04. The lowest BCUT2D eigenvalue weighted by Crippen LogP contribution is -2.46. The summed E-state index contributed by atoms with van der Waals surface area (Å²) in [6.07, 6.45) is 19.7. The van der Waals surface area contributed by atoms with Crippen molar-refractivity contribution in [3.8, 4) is 0 Å². The maximum Gasteiger partial charge on any atom is 0.396 e. The van der Waals surface area contributed by atoms with Crippen LogP contribution in [-0.2, 0) is 12.3 Å². The van der Waals surface area contributed by atoms with Gasteiger partial charge in [-0.1, -0.05) is 106 Å². The van der Waals surface area contributed by atoms with Gasteiger partial charge in [0.15, 0.2) is 0 Å². The van der Waals surface area contributed by atoms with Crippen LogP contribution in [0.15, 0.2) is 42.7 Å². The van der Waals surface area contributed by atoms with Crippen molar-refractivity contribution in [3.63, 3.8) is 0 Å². The fraction of sp³-hybridized carbons (Fsp3) is 0.615. The lowest BCUT2D eigenvalue weighted by Gasteiger charge is -2.28. The van der Waals surface area contributed by atoms with E-state index >= 15 is 0 Å². The van der Waals surface area contributed by atoms with Crippen LogP contribution in [-0.4, -0.2) is 16.6 Å². The molecule has 1 N–H and O–H groups in total. The summed E-state index contributed by atoms with van der Waals surface area (Å²) in [5, 5.41) is 12.3. The number of aliphatic hydroxyl groups is 1. The first-order chi connectivity index (χ1) is 15.1. The van der Waals surface area contributed by atoms with Crippen molar-refractivity contribution in [3.05, 3.63) is 53.3 Å². The zero-order valence-electron chi connectivity index (χ0n) is 19.1. The Morgan fingerprint density at radius 3 is 2.13 bits per heavy atom. The van der Waals surface area contributed by atoms with E-state index in [0.29, 0.717) is 11.6 Å². The SMILES string of the molecule is CCCCCCCCCCCCCCN1c2nccc[n+]2CC1(O)c1ccc(Cl)cc1. The average molecular weight is 445 g/mol. The fourth-order valence-corrected chi connectivity index (χ4v) is 4.72. The largest absolute Gasteiger partial charge is 0.396 e. The van der Waals surface area contributed by atoms with Gasteiger partial charge in [0.25, 0.3) is 0 Å². The second-order valence-corrected chi connectivity index (χ2v) is 9.35. The zero-order chi connectivity index (χ0) is 21.9. The van der Waals surface area contributed by atoms with Crippen LogP contribution in [0.3, 0.4) is 0 Å². The average Bonchev–Trinajstić information content (AvgIpc) is 3.07. The summed E-state index contributed by atoms with van der Waals surface area (Å²) in [6.45, 7) is 3.56. The number of unbranched alkanes of at least 4 members (excludes halogenated alkanes) is 11. The Hall–Kier alpha value is -1.65. The number of benzene rings is 1. The molecular formula is C26H39ClN3O+. The Bertz CT molecular complexity index is 782. The normalized spacial score (nSPS) is 17.8. The van der Waals surface area contributed by atoms with E-state index in [-0.39, 0.29) is 0 Å². The minimum atomic E-state index is -1.08. The van der Waals surface area contributed by atoms with Crippen molar-refractivity contribution in [2.45, 2.75) is 96.2 Å². The predicted molar refractivity (Wildman–Crippen MR) is 128 cm³/mol. The molecule has 4 nitrogen and oxygen atoms in total. The first kappa shape index (κ1) is 24.0. The highest BCUT2D eigenvalue weighted by Crippen LogP contribution is 2.34. The van der Waals surface area contributed by atoms with Crippen LogP contribution in [0.4, 0.5) is 5.95 Å². The summed E-state index contributed by atoms with van der Waals surface area (Å²) in [4.78, 5) is 6.62. The molecular weight excluding hydrogens is 406 g/mol. The molecule has 0 saturated heterocycles. The van der Waals surface area contributed by atoms with Gasteiger partial charge in [-0.2, -0.15) is 0 Å². The van der Waals surface area contributed by atoms with E-state index in [1.165, 1.54) is 70.6 Å². The van der Waals surface area contributed by atoms with E-state index in [2.05, 4.69) is 16.8 Å². The molecule has 2 aromatic rings. The van der Waals surface area contributed by atoms with Crippen molar-refractivity contribution in [2.24, 2.45) is 0 Å².